The third kappa shape index (κ3) is 7.94. The van der Waals surface area contributed by atoms with Crippen molar-refractivity contribution in [2.45, 2.75) is 52.4 Å². The van der Waals surface area contributed by atoms with E-state index in [4.69, 9.17) is 0 Å². The van der Waals surface area contributed by atoms with E-state index in [1.54, 1.807) is 12.4 Å². The van der Waals surface area contributed by atoms with E-state index >= 15 is 0 Å². The molecule has 0 radical (unpaired) electrons. The number of hydrogen-bond donors (Lipinski definition) is 0. The van der Waals surface area contributed by atoms with Crippen LogP contribution in [-0.2, 0) is 10.8 Å². The Kier molecular flexibility index (Phi) is 8.68. The van der Waals surface area contributed by atoms with Crippen molar-refractivity contribution in [3.05, 3.63) is 60.2 Å². The van der Waals surface area contributed by atoms with Crippen molar-refractivity contribution in [1.82, 2.24) is 9.97 Å². The van der Waals surface area contributed by atoms with Gasteiger partial charge in [-0.1, -0.05) is 77.2 Å². The van der Waals surface area contributed by atoms with Crippen LogP contribution in [0.15, 0.2) is 36.7 Å². The van der Waals surface area contributed by atoms with Gasteiger partial charge in [-0.2, -0.15) is 24.3 Å². The summed E-state index contributed by atoms with van der Waals surface area (Å²) in [6.07, 6.45) is 9.19. The molecule has 0 amide bonds. The molecule has 0 atom stereocenters. The Labute approximate surface area is 159 Å². The second-order valence-corrected chi connectivity index (χ2v) is 6.85. The SMILES string of the molecule is CC(C)(C)c1c[c-]ncc1.CC(C)(C)c1c[c-]ncc1.[Ca+2]. The Morgan fingerprint density at radius 3 is 1.19 bits per heavy atom. The molecule has 0 saturated heterocycles. The number of rotatable bonds is 0. The number of pyridine rings is 2. The molecular weight excluding hydrogens is 284 g/mol. The Balaban J connectivity index is 0.000000364. The van der Waals surface area contributed by atoms with E-state index in [9.17, 15) is 0 Å². The van der Waals surface area contributed by atoms with Crippen LogP contribution in [0.2, 0.25) is 0 Å². The maximum atomic E-state index is 3.83. The molecule has 3 heteroatoms. The molecule has 108 valence electrons. The summed E-state index contributed by atoms with van der Waals surface area (Å²) in [6, 6.07) is 7.91. The van der Waals surface area contributed by atoms with Gasteiger partial charge in [0, 0.05) is 0 Å². The third-order valence-corrected chi connectivity index (χ3v) is 2.98. The second kappa shape index (κ2) is 8.87. The van der Waals surface area contributed by atoms with Crippen LogP contribution in [0.3, 0.4) is 0 Å². The summed E-state index contributed by atoms with van der Waals surface area (Å²) in [5, 5.41) is 0. The van der Waals surface area contributed by atoms with Crippen LogP contribution in [0.25, 0.3) is 0 Å². The zero-order valence-corrected chi connectivity index (χ0v) is 16.3. The molecule has 0 fully saturated rings. The van der Waals surface area contributed by atoms with Crippen molar-refractivity contribution in [3.8, 4) is 0 Å². The van der Waals surface area contributed by atoms with Crippen molar-refractivity contribution < 1.29 is 0 Å². The van der Waals surface area contributed by atoms with E-state index in [2.05, 4.69) is 63.9 Å². The van der Waals surface area contributed by atoms with Crippen molar-refractivity contribution >= 4 is 37.7 Å². The molecule has 0 unspecified atom stereocenters. The van der Waals surface area contributed by atoms with Crippen molar-refractivity contribution in [3.63, 3.8) is 0 Å². The molecule has 0 spiro atoms. The summed E-state index contributed by atoms with van der Waals surface area (Å²) in [5.74, 6) is 0. The topological polar surface area (TPSA) is 25.8 Å². The molecule has 0 N–H and O–H groups in total. The Bertz CT molecular complexity index is 447. The van der Waals surface area contributed by atoms with Gasteiger partial charge in [-0.05, 0) is 0 Å². The molecule has 0 aliphatic rings. The van der Waals surface area contributed by atoms with Gasteiger partial charge in [0.1, 0.15) is 0 Å². The molecule has 0 bridgehead atoms. The molecular formula is C18H24CaN2. The van der Waals surface area contributed by atoms with Gasteiger partial charge < -0.3 is 9.97 Å². The van der Waals surface area contributed by atoms with Gasteiger partial charge in [0.25, 0.3) is 0 Å². The fourth-order valence-corrected chi connectivity index (χ4v) is 1.56. The van der Waals surface area contributed by atoms with E-state index in [0.29, 0.717) is 0 Å². The monoisotopic (exact) mass is 308 g/mol. The minimum atomic E-state index is 0. The first-order valence-corrected chi connectivity index (χ1v) is 6.86. The predicted molar refractivity (Wildman–Crippen MR) is 89.3 cm³/mol. The first kappa shape index (κ1) is 20.6. The summed E-state index contributed by atoms with van der Waals surface area (Å²) in [7, 11) is 0. The Morgan fingerprint density at radius 2 is 1.05 bits per heavy atom. The summed E-state index contributed by atoms with van der Waals surface area (Å²) in [4.78, 5) is 7.67. The molecule has 21 heavy (non-hydrogen) atoms. The average molecular weight is 308 g/mol. The first-order valence-electron chi connectivity index (χ1n) is 6.86. The minimum Gasteiger partial charge on any atom is -0.394 e. The van der Waals surface area contributed by atoms with Gasteiger partial charge in [0.15, 0.2) is 0 Å². The predicted octanol–water partition coefficient (Wildman–Crippen LogP) is 3.98. The zero-order valence-electron chi connectivity index (χ0n) is 14.1. The van der Waals surface area contributed by atoms with Gasteiger partial charge in [0.2, 0.25) is 0 Å². The van der Waals surface area contributed by atoms with Gasteiger partial charge in [-0.3, -0.25) is 0 Å². The Hall–Kier alpha value is -0.440. The van der Waals surface area contributed by atoms with Gasteiger partial charge in [-0.15, -0.1) is 11.1 Å². The van der Waals surface area contributed by atoms with E-state index in [-0.39, 0.29) is 48.6 Å². The smallest absolute Gasteiger partial charge is 0.394 e. The molecule has 2 heterocycles. The van der Waals surface area contributed by atoms with Crippen molar-refractivity contribution in [2.24, 2.45) is 0 Å². The van der Waals surface area contributed by atoms with Crippen LogP contribution in [0.1, 0.15) is 52.7 Å². The summed E-state index contributed by atoms with van der Waals surface area (Å²) < 4.78 is 0. The van der Waals surface area contributed by atoms with Crippen LogP contribution in [-0.4, -0.2) is 47.7 Å². The zero-order chi connectivity index (χ0) is 15.2. The normalized spacial score (nSPS) is 11.0. The van der Waals surface area contributed by atoms with E-state index < -0.39 is 0 Å². The minimum absolute atomic E-state index is 0. The molecule has 0 aliphatic carbocycles. The summed E-state index contributed by atoms with van der Waals surface area (Å²) >= 11 is 0. The van der Waals surface area contributed by atoms with Crippen LogP contribution in [0.4, 0.5) is 0 Å². The summed E-state index contributed by atoms with van der Waals surface area (Å²) in [5.41, 5.74) is 3.00. The molecule has 2 aromatic heterocycles. The van der Waals surface area contributed by atoms with Gasteiger partial charge in [0.05, 0.1) is 0 Å². The summed E-state index contributed by atoms with van der Waals surface area (Å²) in [6.45, 7) is 13.1. The molecule has 2 nitrogen and oxygen atoms in total. The third-order valence-electron chi connectivity index (χ3n) is 2.98. The van der Waals surface area contributed by atoms with Crippen LogP contribution in [0.5, 0.6) is 0 Å². The quantitative estimate of drug-likeness (QED) is 0.543. The molecule has 0 saturated carbocycles. The fraction of sp³-hybridized carbons (Fsp3) is 0.444. The molecule has 0 aliphatic heterocycles. The average Bonchev–Trinajstić information content (AvgIpc) is 2.40. The van der Waals surface area contributed by atoms with Crippen LogP contribution < -0.4 is 0 Å². The van der Waals surface area contributed by atoms with E-state index in [0.717, 1.165) is 0 Å². The fourth-order valence-electron chi connectivity index (χ4n) is 1.56. The first-order chi connectivity index (χ1) is 9.21. The second-order valence-electron chi connectivity index (χ2n) is 6.85. The Morgan fingerprint density at radius 1 is 0.714 bits per heavy atom. The standard InChI is InChI=1S/2C9H12N.Ca/c2*1-9(2,3)8-4-6-10-7-5-8;/h2*4-6H,1-3H3;/q2*-1;+2. The van der Waals surface area contributed by atoms with Gasteiger partial charge in [-0.25, -0.2) is 0 Å². The number of hydrogen-bond acceptors (Lipinski definition) is 2. The van der Waals surface area contributed by atoms with Crippen LogP contribution >= 0.6 is 0 Å². The van der Waals surface area contributed by atoms with E-state index in [1.165, 1.54) is 11.1 Å². The van der Waals surface area contributed by atoms with Crippen molar-refractivity contribution in [2.75, 3.05) is 0 Å². The number of nitrogens with zero attached hydrogens (tertiary/aromatic N) is 2. The molecule has 2 aromatic rings. The van der Waals surface area contributed by atoms with E-state index in [1.807, 2.05) is 24.3 Å². The maximum absolute atomic E-state index is 3.83. The van der Waals surface area contributed by atoms with Gasteiger partial charge >= 0.3 is 37.7 Å². The molecule has 2 rings (SSSR count). The molecule has 0 aromatic carbocycles. The largest absolute Gasteiger partial charge is 2.00 e. The number of aromatic nitrogens is 2. The van der Waals surface area contributed by atoms with Crippen molar-refractivity contribution in [1.29, 1.82) is 0 Å². The maximum Gasteiger partial charge on any atom is 2.00 e. The van der Waals surface area contributed by atoms with Crippen LogP contribution in [0, 0.1) is 12.4 Å².